The summed E-state index contributed by atoms with van der Waals surface area (Å²) in [5.74, 6) is 1.99. The molecule has 19 heavy (non-hydrogen) atoms. The van der Waals surface area contributed by atoms with E-state index in [0.29, 0.717) is 0 Å². The predicted octanol–water partition coefficient (Wildman–Crippen LogP) is 4.40. The van der Waals surface area contributed by atoms with E-state index in [2.05, 4.69) is 55.6 Å². The first-order valence-electron chi connectivity index (χ1n) is 7.22. The molecule has 0 radical (unpaired) electrons. The molecule has 0 aliphatic rings. The summed E-state index contributed by atoms with van der Waals surface area (Å²) in [5, 5.41) is 3.36. The molecule has 1 aromatic carbocycles. The second-order valence-corrected chi connectivity index (χ2v) is 4.85. The van der Waals surface area contributed by atoms with Crippen molar-refractivity contribution in [3.8, 4) is 11.3 Å². The number of hydrogen-bond acceptors (Lipinski definition) is 2. The van der Waals surface area contributed by atoms with Crippen LogP contribution in [0.4, 0.5) is 0 Å². The van der Waals surface area contributed by atoms with Crippen LogP contribution in [-0.2, 0) is 13.0 Å². The summed E-state index contributed by atoms with van der Waals surface area (Å²) in [7, 11) is 0. The van der Waals surface area contributed by atoms with Gasteiger partial charge in [0, 0.05) is 5.56 Å². The summed E-state index contributed by atoms with van der Waals surface area (Å²) in [6.07, 6.45) is 3.40. The van der Waals surface area contributed by atoms with Gasteiger partial charge in [-0.15, -0.1) is 0 Å². The standard InChI is InChI=1S/C17H23NO/c1-3-7-14-8-5-6-9-16(14)17-11-10-15(19-17)13-18-12-4-2/h5-6,8-11,18H,3-4,7,12-13H2,1-2H3. The predicted molar refractivity (Wildman–Crippen MR) is 80.1 cm³/mol. The van der Waals surface area contributed by atoms with Crippen LogP contribution in [0.15, 0.2) is 40.8 Å². The van der Waals surface area contributed by atoms with Crippen molar-refractivity contribution in [3.05, 3.63) is 47.7 Å². The topological polar surface area (TPSA) is 25.2 Å². The lowest BCUT2D eigenvalue weighted by atomic mass is 10.0. The van der Waals surface area contributed by atoms with Gasteiger partial charge in [-0.25, -0.2) is 0 Å². The molecule has 0 saturated heterocycles. The first kappa shape index (κ1) is 13.9. The van der Waals surface area contributed by atoms with Crippen molar-refractivity contribution in [2.24, 2.45) is 0 Å². The quantitative estimate of drug-likeness (QED) is 0.744. The second kappa shape index (κ2) is 7.15. The van der Waals surface area contributed by atoms with Gasteiger partial charge >= 0.3 is 0 Å². The molecule has 0 saturated carbocycles. The van der Waals surface area contributed by atoms with Crippen LogP contribution in [0.2, 0.25) is 0 Å². The fourth-order valence-corrected chi connectivity index (χ4v) is 2.25. The van der Waals surface area contributed by atoms with Crippen LogP contribution in [0.1, 0.15) is 38.0 Å². The lowest BCUT2D eigenvalue weighted by Crippen LogP contribution is -2.12. The first-order chi connectivity index (χ1) is 9.35. The molecule has 0 aliphatic heterocycles. The maximum absolute atomic E-state index is 5.94. The molecular formula is C17H23NO. The first-order valence-corrected chi connectivity index (χ1v) is 7.22. The molecule has 1 heterocycles. The van der Waals surface area contributed by atoms with Crippen LogP contribution < -0.4 is 5.32 Å². The molecule has 1 aromatic heterocycles. The van der Waals surface area contributed by atoms with Crippen molar-refractivity contribution < 1.29 is 4.42 Å². The maximum Gasteiger partial charge on any atom is 0.134 e. The summed E-state index contributed by atoms with van der Waals surface area (Å²) in [5.41, 5.74) is 2.60. The van der Waals surface area contributed by atoms with E-state index in [9.17, 15) is 0 Å². The van der Waals surface area contributed by atoms with Crippen molar-refractivity contribution in [1.29, 1.82) is 0 Å². The van der Waals surface area contributed by atoms with Crippen LogP contribution in [0, 0.1) is 0 Å². The van der Waals surface area contributed by atoms with E-state index in [1.54, 1.807) is 0 Å². The van der Waals surface area contributed by atoms with Gasteiger partial charge in [-0.05, 0) is 37.1 Å². The molecule has 0 atom stereocenters. The van der Waals surface area contributed by atoms with Gasteiger partial charge in [-0.2, -0.15) is 0 Å². The van der Waals surface area contributed by atoms with Crippen molar-refractivity contribution in [2.75, 3.05) is 6.54 Å². The molecule has 2 heteroatoms. The Morgan fingerprint density at radius 2 is 1.84 bits per heavy atom. The van der Waals surface area contributed by atoms with Gasteiger partial charge in [0.2, 0.25) is 0 Å². The minimum Gasteiger partial charge on any atom is -0.460 e. The molecule has 0 unspecified atom stereocenters. The van der Waals surface area contributed by atoms with E-state index in [-0.39, 0.29) is 0 Å². The van der Waals surface area contributed by atoms with Crippen molar-refractivity contribution >= 4 is 0 Å². The van der Waals surface area contributed by atoms with E-state index in [4.69, 9.17) is 4.42 Å². The fourth-order valence-electron chi connectivity index (χ4n) is 2.25. The molecule has 2 aromatic rings. The van der Waals surface area contributed by atoms with Gasteiger partial charge in [0.1, 0.15) is 11.5 Å². The normalized spacial score (nSPS) is 10.8. The van der Waals surface area contributed by atoms with Gasteiger partial charge in [0.05, 0.1) is 6.54 Å². The zero-order valence-corrected chi connectivity index (χ0v) is 11.9. The number of rotatable bonds is 7. The molecular weight excluding hydrogens is 234 g/mol. The molecule has 102 valence electrons. The van der Waals surface area contributed by atoms with Crippen molar-refractivity contribution in [2.45, 2.75) is 39.7 Å². The van der Waals surface area contributed by atoms with Gasteiger partial charge in [0.25, 0.3) is 0 Å². The van der Waals surface area contributed by atoms with Crippen LogP contribution in [-0.4, -0.2) is 6.54 Å². The highest BCUT2D eigenvalue weighted by Gasteiger charge is 2.08. The highest BCUT2D eigenvalue weighted by Crippen LogP contribution is 2.26. The van der Waals surface area contributed by atoms with Gasteiger partial charge in [-0.1, -0.05) is 44.5 Å². The Labute approximate surface area is 115 Å². The summed E-state index contributed by atoms with van der Waals surface area (Å²) >= 11 is 0. The Kier molecular flexibility index (Phi) is 5.22. The zero-order valence-electron chi connectivity index (χ0n) is 11.9. The number of furan rings is 1. The van der Waals surface area contributed by atoms with E-state index in [1.165, 1.54) is 11.1 Å². The van der Waals surface area contributed by atoms with Crippen molar-refractivity contribution in [3.63, 3.8) is 0 Å². The lowest BCUT2D eigenvalue weighted by Gasteiger charge is -2.06. The van der Waals surface area contributed by atoms with E-state index >= 15 is 0 Å². The third kappa shape index (κ3) is 3.71. The highest BCUT2D eigenvalue weighted by atomic mass is 16.3. The van der Waals surface area contributed by atoms with Crippen LogP contribution in [0.3, 0.4) is 0 Å². The van der Waals surface area contributed by atoms with E-state index in [1.807, 2.05) is 0 Å². The SMILES string of the molecule is CCCNCc1ccc(-c2ccccc2CCC)o1. The third-order valence-electron chi connectivity index (χ3n) is 3.19. The molecule has 2 rings (SSSR count). The van der Waals surface area contributed by atoms with Gasteiger partial charge in [-0.3, -0.25) is 0 Å². The maximum atomic E-state index is 5.94. The number of hydrogen-bond donors (Lipinski definition) is 1. The fraction of sp³-hybridized carbons (Fsp3) is 0.412. The molecule has 0 spiro atoms. The minimum atomic E-state index is 0.809. The number of aryl methyl sites for hydroxylation is 1. The Balaban J connectivity index is 2.13. The zero-order chi connectivity index (χ0) is 13.5. The van der Waals surface area contributed by atoms with E-state index < -0.39 is 0 Å². The molecule has 2 nitrogen and oxygen atoms in total. The Morgan fingerprint density at radius 3 is 2.63 bits per heavy atom. The Bertz CT molecular complexity index is 501. The lowest BCUT2D eigenvalue weighted by molar-refractivity contribution is 0.493. The van der Waals surface area contributed by atoms with Crippen LogP contribution >= 0.6 is 0 Å². The Morgan fingerprint density at radius 1 is 1.00 bits per heavy atom. The summed E-state index contributed by atoms with van der Waals surface area (Å²) in [6, 6.07) is 12.7. The summed E-state index contributed by atoms with van der Waals surface area (Å²) < 4.78 is 5.94. The van der Waals surface area contributed by atoms with E-state index in [0.717, 1.165) is 43.9 Å². The molecule has 0 fully saturated rings. The second-order valence-electron chi connectivity index (χ2n) is 4.85. The molecule has 0 bridgehead atoms. The van der Waals surface area contributed by atoms with Crippen molar-refractivity contribution in [1.82, 2.24) is 5.32 Å². The van der Waals surface area contributed by atoms with Gasteiger partial charge < -0.3 is 9.73 Å². The third-order valence-corrected chi connectivity index (χ3v) is 3.19. The van der Waals surface area contributed by atoms with Crippen LogP contribution in [0.5, 0.6) is 0 Å². The average Bonchev–Trinajstić information content (AvgIpc) is 2.89. The number of benzene rings is 1. The average molecular weight is 257 g/mol. The molecule has 1 N–H and O–H groups in total. The molecule has 0 amide bonds. The smallest absolute Gasteiger partial charge is 0.134 e. The summed E-state index contributed by atoms with van der Waals surface area (Å²) in [4.78, 5) is 0. The largest absolute Gasteiger partial charge is 0.460 e. The monoisotopic (exact) mass is 257 g/mol. The minimum absolute atomic E-state index is 0.809. The Hall–Kier alpha value is -1.54. The van der Waals surface area contributed by atoms with Crippen LogP contribution in [0.25, 0.3) is 11.3 Å². The van der Waals surface area contributed by atoms with Gasteiger partial charge in [0.15, 0.2) is 0 Å². The summed E-state index contributed by atoms with van der Waals surface area (Å²) in [6.45, 7) is 6.22. The highest BCUT2D eigenvalue weighted by molar-refractivity contribution is 5.62. The number of nitrogens with one attached hydrogen (secondary N) is 1. The molecule has 0 aliphatic carbocycles.